The topological polar surface area (TPSA) is 44.2 Å². The molecule has 4 nitrogen and oxygen atoms in total. The number of thioether (sulfide) groups is 1. The molecule has 0 aliphatic carbocycles. The molecule has 6 heteroatoms. The fourth-order valence-electron chi connectivity index (χ4n) is 1.96. The largest absolute Gasteiger partial charge is 0.493 e. The minimum absolute atomic E-state index is 0.710. The maximum absolute atomic E-state index is 5.35. The minimum atomic E-state index is 0.710. The monoisotopic (exact) mass is 382 g/mol. The lowest BCUT2D eigenvalue weighted by Crippen LogP contribution is -1.98. The van der Waals surface area contributed by atoms with E-state index in [-0.39, 0.29) is 0 Å². The van der Waals surface area contributed by atoms with Gasteiger partial charge in [0.2, 0.25) is 0 Å². The fourth-order valence-corrected chi connectivity index (χ4v) is 3.53. The first-order chi connectivity index (χ1) is 10.5. The van der Waals surface area contributed by atoms with Crippen LogP contribution in [0.5, 0.6) is 11.5 Å². The van der Waals surface area contributed by atoms with Crippen LogP contribution in [-0.4, -0.2) is 24.2 Å². The van der Waals surface area contributed by atoms with Crippen LogP contribution in [-0.2, 0) is 5.75 Å². The lowest BCUT2D eigenvalue weighted by molar-refractivity contribution is 0.354. The van der Waals surface area contributed by atoms with Crippen LogP contribution in [0.2, 0.25) is 0 Å². The molecule has 0 radical (unpaired) electrons. The Kier molecular flexibility index (Phi) is 5.69. The molecule has 0 unspecified atom stereocenters. The summed E-state index contributed by atoms with van der Waals surface area (Å²) in [5.41, 5.74) is 4.32. The van der Waals surface area contributed by atoms with Gasteiger partial charge in [-0.05, 0) is 44.0 Å². The maximum Gasteiger partial charge on any atom is 0.188 e. The van der Waals surface area contributed by atoms with E-state index < -0.39 is 0 Å². The Morgan fingerprint density at radius 1 is 1.00 bits per heavy atom. The van der Waals surface area contributed by atoms with Crippen molar-refractivity contribution >= 4 is 27.7 Å². The van der Waals surface area contributed by atoms with Gasteiger partial charge in [-0.25, -0.2) is 9.97 Å². The number of hydrogen-bond donors (Lipinski definition) is 0. The van der Waals surface area contributed by atoms with Gasteiger partial charge in [-0.2, -0.15) is 0 Å². The van der Waals surface area contributed by atoms with Gasteiger partial charge in [0.15, 0.2) is 16.7 Å². The second kappa shape index (κ2) is 7.33. The standard InChI is InChI=1S/C16H19BrN2O2S/c1-9-10(2)18-16(19-11(9)3)22-8-12-6-14(20-4)15(21-5)7-13(12)17/h6-7H,8H2,1-5H3. The van der Waals surface area contributed by atoms with Crippen LogP contribution in [0.4, 0.5) is 0 Å². The van der Waals surface area contributed by atoms with Crippen molar-refractivity contribution in [3.8, 4) is 11.5 Å². The highest BCUT2D eigenvalue weighted by Crippen LogP contribution is 2.35. The summed E-state index contributed by atoms with van der Waals surface area (Å²) < 4.78 is 11.6. The van der Waals surface area contributed by atoms with Gasteiger partial charge in [-0.3, -0.25) is 0 Å². The van der Waals surface area contributed by atoms with E-state index in [2.05, 4.69) is 25.9 Å². The molecule has 1 aromatic carbocycles. The number of halogens is 1. The van der Waals surface area contributed by atoms with E-state index in [1.54, 1.807) is 26.0 Å². The smallest absolute Gasteiger partial charge is 0.188 e. The fraction of sp³-hybridized carbons (Fsp3) is 0.375. The van der Waals surface area contributed by atoms with Gasteiger partial charge < -0.3 is 9.47 Å². The highest BCUT2D eigenvalue weighted by atomic mass is 79.9. The quantitative estimate of drug-likeness (QED) is 0.563. The van der Waals surface area contributed by atoms with Gasteiger partial charge in [0.05, 0.1) is 14.2 Å². The zero-order valence-electron chi connectivity index (χ0n) is 13.4. The number of rotatable bonds is 5. The zero-order valence-corrected chi connectivity index (χ0v) is 15.8. The van der Waals surface area contributed by atoms with Crippen LogP contribution in [0, 0.1) is 20.8 Å². The van der Waals surface area contributed by atoms with Crippen molar-refractivity contribution in [3.05, 3.63) is 39.1 Å². The van der Waals surface area contributed by atoms with Crippen LogP contribution in [0.1, 0.15) is 22.5 Å². The summed E-state index contributed by atoms with van der Waals surface area (Å²) in [6.07, 6.45) is 0. The molecule has 1 heterocycles. The summed E-state index contributed by atoms with van der Waals surface area (Å²) in [5.74, 6) is 2.18. The van der Waals surface area contributed by atoms with E-state index in [9.17, 15) is 0 Å². The molecule has 0 N–H and O–H groups in total. The Hall–Kier alpha value is -1.27. The molecule has 0 fully saturated rings. The minimum Gasteiger partial charge on any atom is -0.493 e. The van der Waals surface area contributed by atoms with Gasteiger partial charge in [-0.1, -0.05) is 27.7 Å². The van der Waals surface area contributed by atoms with Crippen molar-refractivity contribution in [1.29, 1.82) is 0 Å². The van der Waals surface area contributed by atoms with Gasteiger partial charge in [0, 0.05) is 21.6 Å². The SMILES string of the molecule is COc1cc(Br)c(CSc2nc(C)c(C)c(C)n2)cc1OC. The van der Waals surface area contributed by atoms with Gasteiger partial charge in [0.1, 0.15) is 0 Å². The summed E-state index contributed by atoms with van der Waals surface area (Å²) in [6, 6.07) is 3.89. The molecule has 0 spiro atoms. The van der Waals surface area contributed by atoms with E-state index in [1.165, 1.54) is 0 Å². The van der Waals surface area contributed by atoms with Crippen molar-refractivity contribution in [3.63, 3.8) is 0 Å². The predicted octanol–water partition coefficient (Wildman–Crippen LogP) is 4.47. The van der Waals surface area contributed by atoms with E-state index in [1.807, 2.05) is 32.9 Å². The Bertz CT molecular complexity index is 669. The number of hydrogen-bond acceptors (Lipinski definition) is 5. The molecule has 0 saturated carbocycles. The predicted molar refractivity (Wildman–Crippen MR) is 93.1 cm³/mol. The first-order valence-electron chi connectivity index (χ1n) is 6.81. The summed E-state index contributed by atoms with van der Waals surface area (Å²) in [7, 11) is 3.27. The molecule has 0 saturated heterocycles. The van der Waals surface area contributed by atoms with Crippen LogP contribution in [0.15, 0.2) is 21.8 Å². The summed E-state index contributed by atoms with van der Waals surface area (Å²) >= 11 is 5.18. The Labute approximate surface area is 143 Å². The first kappa shape index (κ1) is 17.1. The third-order valence-electron chi connectivity index (χ3n) is 3.52. The van der Waals surface area contributed by atoms with Crippen molar-refractivity contribution in [2.24, 2.45) is 0 Å². The first-order valence-corrected chi connectivity index (χ1v) is 8.59. The van der Waals surface area contributed by atoms with Crippen molar-refractivity contribution in [2.45, 2.75) is 31.7 Å². The summed E-state index contributed by atoms with van der Waals surface area (Å²) in [4.78, 5) is 9.07. The van der Waals surface area contributed by atoms with E-state index >= 15 is 0 Å². The van der Waals surface area contributed by atoms with Crippen LogP contribution >= 0.6 is 27.7 Å². The lowest BCUT2D eigenvalue weighted by atomic mass is 10.2. The molecule has 1 aromatic heterocycles. The van der Waals surface area contributed by atoms with Crippen LogP contribution < -0.4 is 9.47 Å². The molecule has 22 heavy (non-hydrogen) atoms. The zero-order chi connectivity index (χ0) is 16.3. The second-order valence-corrected chi connectivity index (χ2v) is 6.69. The average molecular weight is 383 g/mol. The van der Waals surface area contributed by atoms with Crippen molar-refractivity contribution < 1.29 is 9.47 Å². The lowest BCUT2D eigenvalue weighted by Gasteiger charge is -2.12. The molecule has 0 bridgehead atoms. The number of aryl methyl sites for hydroxylation is 2. The Morgan fingerprint density at radius 2 is 1.55 bits per heavy atom. The Balaban J connectivity index is 2.21. The molecule has 0 aliphatic heterocycles. The highest BCUT2D eigenvalue weighted by molar-refractivity contribution is 9.10. The number of nitrogens with zero attached hydrogens (tertiary/aromatic N) is 2. The molecular formula is C16H19BrN2O2S. The summed E-state index contributed by atoms with van der Waals surface area (Å²) in [6.45, 7) is 6.07. The normalized spacial score (nSPS) is 10.6. The number of aromatic nitrogens is 2. The molecular weight excluding hydrogens is 364 g/mol. The molecule has 2 rings (SSSR count). The highest BCUT2D eigenvalue weighted by Gasteiger charge is 2.11. The van der Waals surface area contributed by atoms with Gasteiger partial charge >= 0.3 is 0 Å². The molecule has 0 amide bonds. The average Bonchev–Trinajstić information content (AvgIpc) is 2.50. The van der Waals surface area contributed by atoms with Crippen LogP contribution in [0.3, 0.4) is 0 Å². The molecule has 118 valence electrons. The molecule has 0 aliphatic rings. The third kappa shape index (κ3) is 3.73. The van der Waals surface area contributed by atoms with Crippen molar-refractivity contribution in [1.82, 2.24) is 9.97 Å². The number of benzene rings is 1. The number of ether oxygens (including phenoxy) is 2. The maximum atomic E-state index is 5.35. The Morgan fingerprint density at radius 3 is 2.09 bits per heavy atom. The van der Waals surface area contributed by atoms with E-state index in [0.717, 1.165) is 43.6 Å². The molecule has 0 atom stereocenters. The number of methoxy groups -OCH3 is 2. The van der Waals surface area contributed by atoms with E-state index in [4.69, 9.17) is 9.47 Å². The second-order valence-electron chi connectivity index (χ2n) is 4.89. The summed E-state index contributed by atoms with van der Waals surface area (Å²) in [5, 5.41) is 0.794. The van der Waals surface area contributed by atoms with Gasteiger partial charge in [-0.15, -0.1) is 0 Å². The van der Waals surface area contributed by atoms with Crippen molar-refractivity contribution in [2.75, 3.05) is 14.2 Å². The van der Waals surface area contributed by atoms with Crippen LogP contribution in [0.25, 0.3) is 0 Å². The third-order valence-corrected chi connectivity index (χ3v) is 5.16. The van der Waals surface area contributed by atoms with E-state index in [0.29, 0.717) is 5.75 Å². The molecule has 2 aromatic rings. The van der Waals surface area contributed by atoms with Gasteiger partial charge in [0.25, 0.3) is 0 Å².